The summed E-state index contributed by atoms with van der Waals surface area (Å²) >= 11 is 0. The normalized spacial score (nSPS) is 10.8. The molecule has 3 aromatic carbocycles. The predicted octanol–water partition coefficient (Wildman–Crippen LogP) is 4.17. The van der Waals surface area contributed by atoms with Crippen LogP contribution in [-0.4, -0.2) is 32.4 Å². The van der Waals surface area contributed by atoms with Gasteiger partial charge in [0.2, 0.25) is 0 Å². The first kappa shape index (κ1) is 20.2. The second-order valence-corrected chi connectivity index (χ2v) is 6.35. The van der Waals surface area contributed by atoms with Gasteiger partial charge in [0.25, 0.3) is 5.91 Å². The van der Waals surface area contributed by atoms with Gasteiger partial charge in [0.1, 0.15) is 5.75 Å². The summed E-state index contributed by atoms with van der Waals surface area (Å²) < 4.78 is 16.5. The number of rotatable bonds is 9. The van der Waals surface area contributed by atoms with E-state index in [-0.39, 0.29) is 12.5 Å². The van der Waals surface area contributed by atoms with E-state index in [9.17, 15) is 4.79 Å². The molecule has 0 aliphatic carbocycles. The van der Waals surface area contributed by atoms with Crippen molar-refractivity contribution in [3.05, 3.63) is 66.2 Å². The molecule has 0 unspecified atom stereocenters. The summed E-state index contributed by atoms with van der Waals surface area (Å²) in [7, 11) is 1.58. The zero-order valence-electron chi connectivity index (χ0n) is 16.6. The highest BCUT2D eigenvalue weighted by molar-refractivity contribution is 5.85. The molecular formula is C23H24N2O4. The second-order valence-electron chi connectivity index (χ2n) is 6.35. The van der Waals surface area contributed by atoms with E-state index in [4.69, 9.17) is 14.2 Å². The number of hydrogen-bond donors (Lipinski definition) is 1. The Labute approximate surface area is 170 Å². The molecule has 0 heterocycles. The number of carbonyl (C=O) groups excluding carboxylic acids is 1. The predicted molar refractivity (Wildman–Crippen MR) is 114 cm³/mol. The third-order valence-electron chi connectivity index (χ3n) is 4.14. The number of nitrogens with one attached hydrogen (secondary N) is 1. The smallest absolute Gasteiger partial charge is 0.277 e. The Bertz CT molecular complexity index is 1000. The molecule has 0 spiro atoms. The van der Waals surface area contributed by atoms with Crippen LogP contribution in [-0.2, 0) is 4.79 Å². The van der Waals surface area contributed by atoms with E-state index in [0.717, 1.165) is 22.8 Å². The molecule has 3 rings (SSSR count). The summed E-state index contributed by atoms with van der Waals surface area (Å²) in [6.45, 7) is 2.54. The van der Waals surface area contributed by atoms with E-state index >= 15 is 0 Å². The zero-order valence-corrected chi connectivity index (χ0v) is 16.6. The zero-order chi connectivity index (χ0) is 20.5. The van der Waals surface area contributed by atoms with Crippen molar-refractivity contribution >= 4 is 22.9 Å². The highest BCUT2D eigenvalue weighted by Gasteiger charge is 2.05. The Kier molecular flexibility index (Phi) is 7.05. The molecule has 0 bridgehead atoms. The van der Waals surface area contributed by atoms with E-state index < -0.39 is 0 Å². The number of benzene rings is 3. The maximum absolute atomic E-state index is 12.0. The topological polar surface area (TPSA) is 69.2 Å². The number of ether oxygens (including phenoxy) is 3. The molecule has 0 aromatic heterocycles. The first-order valence-electron chi connectivity index (χ1n) is 9.44. The molecule has 0 aliphatic heterocycles. The highest BCUT2D eigenvalue weighted by atomic mass is 16.5. The average Bonchev–Trinajstić information content (AvgIpc) is 2.76. The Morgan fingerprint density at radius 1 is 1.00 bits per heavy atom. The fraction of sp³-hybridized carbons (Fsp3) is 0.217. The van der Waals surface area contributed by atoms with E-state index in [2.05, 4.69) is 10.5 Å². The fourth-order valence-corrected chi connectivity index (χ4v) is 2.71. The van der Waals surface area contributed by atoms with E-state index in [1.165, 1.54) is 0 Å². The number of amides is 1. The lowest BCUT2D eigenvalue weighted by Crippen LogP contribution is -2.24. The van der Waals surface area contributed by atoms with Crippen LogP contribution in [0.4, 0.5) is 0 Å². The number of nitrogens with zero attached hydrogens (tertiary/aromatic N) is 1. The van der Waals surface area contributed by atoms with Crippen molar-refractivity contribution in [2.75, 3.05) is 20.3 Å². The molecule has 0 aliphatic rings. The van der Waals surface area contributed by atoms with Crippen LogP contribution in [0.15, 0.2) is 65.8 Å². The lowest BCUT2D eigenvalue weighted by atomic mass is 10.1. The van der Waals surface area contributed by atoms with Gasteiger partial charge in [-0.05, 0) is 53.1 Å². The van der Waals surface area contributed by atoms with Crippen molar-refractivity contribution in [3.63, 3.8) is 0 Å². The highest BCUT2D eigenvalue weighted by Crippen LogP contribution is 2.27. The van der Waals surface area contributed by atoms with Gasteiger partial charge in [-0.1, -0.05) is 37.3 Å². The molecule has 0 fully saturated rings. The summed E-state index contributed by atoms with van der Waals surface area (Å²) in [5.41, 5.74) is 3.24. The van der Waals surface area contributed by atoms with Crippen LogP contribution in [0.25, 0.3) is 10.8 Å². The van der Waals surface area contributed by atoms with Gasteiger partial charge >= 0.3 is 0 Å². The number of methoxy groups -OCH3 is 1. The molecule has 6 heteroatoms. The third-order valence-corrected chi connectivity index (χ3v) is 4.14. The molecule has 3 aromatic rings. The lowest BCUT2D eigenvalue weighted by Gasteiger charge is -2.10. The molecular weight excluding hydrogens is 368 g/mol. The van der Waals surface area contributed by atoms with E-state index in [0.29, 0.717) is 23.9 Å². The van der Waals surface area contributed by atoms with Crippen LogP contribution in [0.2, 0.25) is 0 Å². The molecule has 29 heavy (non-hydrogen) atoms. The van der Waals surface area contributed by atoms with Crippen LogP contribution in [0.1, 0.15) is 18.9 Å². The van der Waals surface area contributed by atoms with Crippen molar-refractivity contribution in [3.8, 4) is 17.2 Å². The lowest BCUT2D eigenvalue weighted by molar-refractivity contribution is -0.123. The Hall–Kier alpha value is -3.54. The van der Waals surface area contributed by atoms with Crippen LogP contribution < -0.4 is 19.6 Å². The Morgan fingerprint density at radius 3 is 2.62 bits per heavy atom. The monoisotopic (exact) mass is 392 g/mol. The van der Waals surface area contributed by atoms with Crippen molar-refractivity contribution in [1.29, 1.82) is 0 Å². The summed E-state index contributed by atoms with van der Waals surface area (Å²) in [4.78, 5) is 12.0. The molecule has 1 N–H and O–H groups in total. The Morgan fingerprint density at radius 2 is 1.83 bits per heavy atom. The van der Waals surface area contributed by atoms with Gasteiger partial charge in [0.05, 0.1) is 19.9 Å². The maximum atomic E-state index is 12.0. The van der Waals surface area contributed by atoms with Gasteiger partial charge in [-0.15, -0.1) is 0 Å². The fourth-order valence-electron chi connectivity index (χ4n) is 2.71. The quantitative estimate of drug-likeness (QED) is 0.438. The minimum absolute atomic E-state index is 0.122. The number of hydrazone groups is 1. The number of carbonyl (C=O) groups is 1. The summed E-state index contributed by atoms with van der Waals surface area (Å²) in [6, 6.07) is 19.1. The van der Waals surface area contributed by atoms with Gasteiger partial charge < -0.3 is 14.2 Å². The van der Waals surface area contributed by atoms with Crippen LogP contribution in [0.3, 0.4) is 0 Å². The standard InChI is InChI=1S/C23H24N2O4/c1-3-12-28-21-11-8-17(13-22(21)27-2)15-24-25-23(26)16-29-20-10-9-18-6-4-5-7-19(18)14-20/h4-11,13-15H,3,12,16H2,1-2H3,(H,25,26)/b24-15+. The second kappa shape index (κ2) is 10.1. The van der Waals surface area contributed by atoms with Crippen molar-refractivity contribution in [1.82, 2.24) is 5.43 Å². The minimum Gasteiger partial charge on any atom is -0.493 e. The third kappa shape index (κ3) is 5.72. The molecule has 1 amide bonds. The first-order valence-corrected chi connectivity index (χ1v) is 9.44. The summed E-state index contributed by atoms with van der Waals surface area (Å²) in [6.07, 6.45) is 2.46. The molecule has 0 saturated heterocycles. The van der Waals surface area contributed by atoms with Gasteiger partial charge in [0, 0.05) is 0 Å². The minimum atomic E-state index is -0.343. The van der Waals surface area contributed by atoms with Gasteiger partial charge in [-0.2, -0.15) is 5.10 Å². The van der Waals surface area contributed by atoms with Crippen LogP contribution in [0, 0.1) is 0 Å². The van der Waals surface area contributed by atoms with E-state index in [1.807, 2.05) is 61.5 Å². The van der Waals surface area contributed by atoms with Crippen molar-refractivity contribution in [2.24, 2.45) is 5.10 Å². The number of fused-ring (bicyclic) bond motifs is 1. The first-order chi connectivity index (χ1) is 14.2. The molecule has 0 atom stereocenters. The molecule has 6 nitrogen and oxygen atoms in total. The largest absolute Gasteiger partial charge is 0.493 e. The van der Waals surface area contributed by atoms with Gasteiger partial charge in [-0.3, -0.25) is 4.79 Å². The van der Waals surface area contributed by atoms with Gasteiger partial charge in [-0.25, -0.2) is 5.43 Å². The van der Waals surface area contributed by atoms with Crippen LogP contribution >= 0.6 is 0 Å². The number of hydrogen-bond acceptors (Lipinski definition) is 5. The van der Waals surface area contributed by atoms with Crippen molar-refractivity contribution < 1.29 is 19.0 Å². The SMILES string of the molecule is CCCOc1ccc(/C=N/NC(=O)COc2ccc3ccccc3c2)cc1OC. The van der Waals surface area contributed by atoms with Gasteiger partial charge in [0.15, 0.2) is 18.1 Å². The molecule has 0 radical (unpaired) electrons. The van der Waals surface area contributed by atoms with Crippen LogP contribution in [0.5, 0.6) is 17.2 Å². The molecule has 150 valence electrons. The van der Waals surface area contributed by atoms with E-state index in [1.54, 1.807) is 19.4 Å². The summed E-state index contributed by atoms with van der Waals surface area (Å²) in [5.74, 6) is 1.59. The van der Waals surface area contributed by atoms with Crippen molar-refractivity contribution in [2.45, 2.75) is 13.3 Å². The maximum Gasteiger partial charge on any atom is 0.277 e. The summed E-state index contributed by atoms with van der Waals surface area (Å²) in [5, 5.41) is 6.15. The molecule has 0 saturated carbocycles. The Balaban J connectivity index is 1.52. The average molecular weight is 392 g/mol.